The van der Waals surface area contributed by atoms with Gasteiger partial charge in [0.2, 0.25) is 0 Å². The van der Waals surface area contributed by atoms with Crippen LogP contribution in [0.2, 0.25) is 0 Å². The number of carbonyl (C=O) groups excluding carboxylic acids is 1. The minimum Gasteiger partial charge on any atom is -0.393 e. The summed E-state index contributed by atoms with van der Waals surface area (Å²) in [5.74, 6) is 0.00359. The number of nitrogens with one attached hydrogen (secondary N) is 1. The molecule has 1 saturated carbocycles. The van der Waals surface area contributed by atoms with E-state index in [1.54, 1.807) is 11.6 Å². The lowest BCUT2D eigenvalue weighted by molar-refractivity contribution is 0.0228. The zero-order chi connectivity index (χ0) is 18.6. The van der Waals surface area contributed by atoms with E-state index in [-0.39, 0.29) is 24.0 Å². The Morgan fingerprint density at radius 3 is 2.67 bits per heavy atom. The minimum atomic E-state index is -0.283. The fourth-order valence-electron chi connectivity index (χ4n) is 3.38. The molecule has 1 aliphatic carbocycles. The van der Waals surface area contributed by atoms with Gasteiger partial charge in [0.1, 0.15) is 5.69 Å². The van der Waals surface area contributed by atoms with Crippen molar-refractivity contribution < 1.29 is 9.90 Å². The normalized spacial score (nSPS) is 19.9. The van der Waals surface area contributed by atoms with Gasteiger partial charge in [0, 0.05) is 18.0 Å². The molecule has 138 valence electrons. The van der Waals surface area contributed by atoms with Crippen LogP contribution in [0.25, 0.3) is 0 Å². The molecule has 27 heavy (non-hydrogen) atoms. The molecular weight excluding hydrogens is 358 g/mol. The number of hydrogen-bond acceptors (Lipinski definition) is 5. The van der Waals surface area contributed by atoms with E-state index in [1.807, 2.05) is 36.4 Å². The number of carbonyl (C=O) groups is 1. The van der Waals surface area contributed by atoms with Crippen LogP contribution in [0, 0.1) is 5.92 Å². The quantitative estimate of drug-likeness (QED) is 0.689. The average Bonchev–Trinajstić information content (AvgIpc) is 3.14. The average molecular weight is 379 g/mol. The summed E-state index contributed by atoms with van der Waals surface area (Å²) in [6.45, 7) is 0. The molecule has 3 aromatic rings. The molecule has 0 bridgehead atoms. The maximum atomic E-state index is 12.8. The Balaban J connectivity index is 1.47. The first-order valence-electron chi connectivity index (χ1n) is 9.07. The van der Waals surface area contributed by atoms with Gasteiger partial charge >= 0.3 is 0 Å². The lowest BCUT2D eigenvalue weighted by atomic mass is 9.76. The number of pyridine rings is 1. The first-order chi connectivity index (χ1) is 13.2. The number of aliphatic hydroxyl groups is 1. The highest BCUT2D eigenvalue weighted by molar-refractivity contribution is 7.09. The SMILES string of the molecule is O=C(NC(c1ccccn1)C1CC(O)C1)c1csc(Cc2ccccc2)n1. The van der Waals surface area contributed by atoms with Crippen molar-refractivity contribution in [2.45, 2.75) is 31.4 Å². The zero-order valence-corrected chi connectivity index (χ0v) is 15.6. The van der Waals surface area contributed by atoms with Crippen molar-refractivity contribution in [2.24, 2.45) is 5.92 Å². The van der Waals surface area contributed by atoms with E-state index in [0.717, 1.165) is 17.1 Å². The summed E-state index contributed by atoms with van der Waals surface area (Å²) < 4.78 is 0. The van der Waals surface area contributed by atoms with E-state index in [0.29, 0.717) is 18.5 Å². The van der Waals surface area contributed by atoms with Gasteiger partial charge in [-0.05, 0) is 36.5 Å². The predicted molar refractivity (Wildman–Crippen MR) is 105 cm³/mol. The number of nitrogens with zero attached hydrogens (tertiary/aromatic N) is 2. The first kappa shape index (κ1) is 17.8. The number of amides is 1. The highest BCUT2D eigenvalue weighted by Crippen LogP contribution is 2.37. The predicted octanol–water partition coefficient (Wildman–Crippen LogP) is 3.37. The molecule has 4 rings (SSSR count). The van der Waals surface area contributed by atoms with Crippen molar-refractivity contribution in [1.29, 1.82) is 0 Å². The zero-order valence-electron chi connectivity index (χ0n) is 14.8. The van der Waals surface area contributed by atoms with Crippen molar-refractivity contribution >= 4 is 17.2 Å². The molecule has 6 heteroatoms. The second-order valence-corrected chi connectivity index (χ2v) is 7.82. The third-order valence-corrected chi connectivity index (χ3v) is 5.75. The molecule has 2 aromatic heterocycles. The number of rotatable bonds is 6. The summed E-state index contributed by atoms with van der Waals surface area (Å²) in [4.78, 5) is 21.7. The number of thiazole rings is 1. The number of aromatic nitrogens is 2. The molecule has 0 aliphatic heterocycles. The minimum absolute atomic E-state index is 0.192. The Kier molecular flexibility index (Phi) is 5.27. The van der Waals surface area contributed by atoms with Crippen molar-refractivity contribution in [3.63, 3.8) is 0 Å². The molecule has 5 nitrogen and oxygen atoms in total. The molecule has 1 atom stereocenters. The van der Waals surface area contributed by atoms with Crippen molar-refractivity contribution in [2.75, 3.05) is 0 Å². The van der Waals surface area contributed by atoms with E-state index in [9.17, 15) is 9.90 Å². The van der Waals surface area contributed by atoms with E-state index in [2.05, 4.69) is 27.4 Å². The van der Waals surface area contributed by atoms with Gasteiger partial charge < -0.3 is 10.4 Å². The second kappa shape index (κ2) is 7.98. The lowest BCUT2D eigenvalue weighted by Crippen LogP contribution is -2.41. The largest absolute Gasteiger partial charge is 0.393 e. The molecule has 0 saturated heterocycles. The van der Waals surface area contributed by atoms with Crippen LogP contribution >= 0.6 is 11.3 Å². The Morgan fingerprint density at radius 2 is 1.96 bits per heavy atom. The monoisotopic (exact) mass is 379 g/mol. The van der Waals surface area contributed by atoms with Gasteiger partial charge in [0.15, 0.2) is 0 Å². The van der Waals surface area contributed by atoms with Crippen LogP contribution in [0.5, 0.6) is 0 Å². The lowest BCUT2D eigenvalue weighted by Gasteiger charge is -2.37. The summed E-state index contributed by atoms with van der Waals surface area (Å²) >= 11 is 1.50. The van der Waals surface area contributed by atoms with Crippen LogP contribution in [0.15, 0.2) is 60.1 Å². The standard InChI is InChI=1S/C21H21N3O2S/c25-16-11-15(12-16)20(17-8-4-5-9-22-17)24-21(26)18-13-27-19(23-18)10-14-6-2-1-3-7-14/h1-9,13,15-16,20,25H,10-12H2,(H,24,26). The van der Waals surface area contributed by atoms with Crippen LogP contribution in [-0.4, -0.2) is 27.1 Å². The van der Waals surface area contributed by atoms with Crippen molar-refractivity contribution in [1.82, 2.24) is 15.3 Å². The molecule has 0 spiro atoms. The smallest absolute Gasteiger partial charge is 0.271 e. The van der Waals surface area contributed by atoms with Gasteiger partial charge in [-0.1, -0.05) is 36.4 Å². The molecule has 1 amide bonds. The third-order valence-electron chi connectivity index (χ3n) is 4.90. The maximum Gasteiger partial charge on any atom is 0.271 e. The molecule has 0 radical (unpaired) electrons. The van der Waals surface area contributed by atoms with Gasteiger partial charge in [-0.15, -0.1) is 11.3 Å². The van der Waals surface area contributed by atoms with E-state index < -0.39 is 0 Å². The molecule has 1 aromatic carbocycles. The molecular formula is C21H21N3O2S. The van der Waals surface area contributed by atoms with Gasteiger partial charge in [-0.2, -0.15) is 0 Å². The van der Waals surface area contributed by atoms with Crippen molar-refractivity contribution in [3.05, 3.63) is 82.1 Å². The molecule has 2 heterocycles. The fourth-order valence-corrected chi connectivity index (χ4v) is 4.19. The summed E-state index contributed by atoms with van der Waals surface area (Å²) in [5.41, 5.74) is 2.43. The maximum absolute atomic E-state index is 12.8. The Bertz CT molecular complexity index is 892. The summed E-state index contributed by atoms with van der Waals surface area (Å²) in [6.07, 6.45) is 3.52. The van der Waals surface area contributed by atoms with E-state index in [4.69, 9.17) is 0 Å². The summed E-state index contributed by atoms with van der Waals surface area (Å²) in [6, 6.07) is 15.6. The van der Waals surface area contributed by atoms with E-state index >= 15 is 0 Å². The molecule has 2 N–H and O–H groups in total. The van der Waals surface area contributed by atoms with Crippen LogP contribution in [0.4, 0.5) is 0 Å². The summed E-state index contributed by atoms with van der Waals surface area (Å²) in [5, 5.41) is 15.5. The van der Waals surface area contributed by atoms with Gasteiger partial charge in [-0.3, -0.25) is 9.78 Å². The second-order valence-electron chi connectivity index (χ2n) is 6.88. The Labute approximate surface area is 162 Å². The fraction of sp³-hybridized carbons (Fsp3) is 0.286. The number of hydrogen-bond donors (Lipinski definition) is 2. The van der Waals surface area contributed by atoms with E-state index in [1.165, 1.54) is 16.9 Å². The summed E-state index contributed by atoms with van der Waals surface area (Å²) in [7, 11) is 0. The molecule has 1 aliphatic rings. The number of aliphatic hydroxyl groups excluding tert-OH is 1. The Morgan fingerprint density at radius 1 is 1.19 bits per heavy atom. The topological polar surface area (TPSA) is 75.1 Å². The van der Waals surface area contributed by atoms with Gasteiger partial charge in [-0.25, -0.2) is 4.98 Å². The highest BCUT2D eigenvalue weighted by atomic mass is 32.1. The van der Waals surface area contributed by atoms with Gasteiger partial charge in [0.25, 0.3) is 5.91 Å². The van der Waals surface area contributed by atoms with Crippen LogP contribution in [0.1, 0.15) is 45.6 Å². The first-order valence-corrected chi connectivity index (χ1v) is 9.95. The van der Waals surface area contributed by atoms with Gasteiger partial charge in [0.05, 0.1) is 22.8 Å². The van der Waals surface area contributed by atoms with Crippen molar-refractivity contribution in [3.8, 4) is 0 Å². The van der Waals surface area contributed by atoms with Crippen LogP contribution < -0.4 is 5.32 Å². The van der Waals surface area contributed by atoms with Crippen LogP contribution in [0.3, 0.4) is 0 Å². The highest BCUT2D eigenvalue weighted by Gasteiger charge is 2.36. The van der Waals surface area contributed by atoms with Crippen LogP contribution in [-0.2, 0) is 6.42 Å². The number of benzene rings is 1. The third kappa shape index (κ3) is 4.23. The molecule has 1 fully saturated rings. The Hall–Kier alpha value is -2.57. The molecule has 1 unspecified atom stereocenters.